The van der Waals surface area contributed by atoms with Crippen molar-refractivity contribution in [2.45, 2.75) is 20.3 Å². The lowest BCUT2D eigenvalue weighted by molar-refractivity contribution is 0.0947. The Morgan fingerprint density at radius 3 is 2.74 bits per heavy atom. The van der Waals surface area contributed by atoms with Crippen molar-refractivity contribution in [1.82, 2.24) is 20.7 Å². The van der Waals surface area contributed by atoms with E-state index in [4.69, 9.17) is 4.52 Å². The number of rotatable bonds is 5. The van der Waals surface area contributed by atoms with Crippen LogP contribution in [0.25, 0.3) is 0 Å². The molecule has 100 valence electrons. The Morgan fingerprint density at radius 2 is 2.16 bits per heavy atom. The first-order valence-electron chi connectivity index (χ1n) is 6.01. The summed E-state index contributed by atoms with van der Waals surface area (Å²) in [5.74, 6) is 1.53. The number of aromatic nitrogens is 3. The third-order valence-corrected chi connectivity index (χ3v) is 2.32. The fraction of sp³-hybridized carbons (Fsp3) is 0.333. The van der Waals surface area contributed by atoms with Gasteiger partial charge in [-0.3, -0.25) is 4.79 Å². The van der Waals surface area contributed by atoms with Gasteiger partial charge in [0.05, 0.1) is 0 Å². The number of anilines is 2. The van der Waals surface area contributed by atoms with Crippen molar-refractivity contribution in [1.29, 1.82) is 0 Å². The van der Waals surface area contributed by atoms with Gasteiger partial charge in [0.2, 0.25) is 0 Å². The van der Waals surface area contributed by atoms with E-state index in [0.717, 1.165) is 6.42 Å². The van der Waals surface area contributed by atoms with E-state index in [1.54, 1.807) is 25.1 Å². The topological polar surface area (TPSA) is 92.9 Å². The maximum Gasteiger partial charge on any atom is 0.271 e. The fourth-order valence-corrected chi connectivity index (χ4v) is 1.41. The van der Waals surface area contributed by atoms with Gasteiger partial charge in [0.1, 0.15) is 5.76 Å². The summed E-state index contributed by atoms with van der Waals surface area (Å²) in [5, 5.41) is 17.2. The van der Waals surface area contributed by atoms with Crippen molar-refractivity contribution in [3.63, 3.8) is 0 Å². The zero-order chi connectivity index (χ0) is 13.7. The Bertz CT molecular complexity index is 550. The van der Waals surface area contributed by atoms with E-state index in [-0.39, 0.29) is 11.6 Å². The Kier molecular flexibility index (Phi) is 4.07. The highest BCUT2D eigenvalue weighted by Gasteiger charge is 2.08. The Morgan fingerprint density at radius 1 is 1.32 bits per heavy atom. The van der Waals surface area contributed by atoms with Crippen LogP contribution < -0.4 is 10.6 Å². The summed E-state index contributed by atoms with van der Waals surface area (Å²) in [7, 11) is 0. The molecule has 2 aromatic heterocycles. The Labute approximate surface area is 110 Å². The summed E-state index contributed by atoms with van der Waals surface area (Å²) in [5.41, 5.74) is 0.287. The number of nitrogens with zero attached hydrogens (tertiary/aromatic N) is 3. The van der Waals surface area contributed by atoms with Gasteiger partial charge in [0.25, 0.3) is 5.91 Å². The van der Waals surface area contributed by atoms with Crippen molar-refractivity contribution in [2.75, 3.05) is 11.9 Å². The quantitative estimate of drug-likeness (QED) is 0.850. The molecule has 0 atom stereocenters. The van der Waals surface area contributed by atoms with E-state index in [1.807, 2.05) is 6.92 Å². The van der Waals surface area contributed by atoms with E-state index in [0.29, 0.717) is 23.9 Å². The molecule has 0 unspecified atom stereocenters. The zero-order valence-electron chi connectivity index (χ0n) is 10.8. The van der Waals surface area contributed by atoms with Crippen LogP contribution in [0.2, 0.25) is 0 Å². The first-order valence-corrected chi connectivity index (χ1v) is 6.01. The zero-order valence-corrected chi connectivity index (χ0v) is 10.8. The van der Waals surface area contributed by atoms with E-state index in [1.165, 1.54) is 0 Å². The lowest BCUT2D eigenvalue weighted by atomic mass is 10.3. The third-order valence-electron chi connectivity index (χ3n) is 2.32. The first kappa shape index (κ1) is 13.0. The highest BCUT2D eigenvalue weighted by atomic mass is 16.5. The van der Waals surface area contributed by atoms with Gasteiger partial charge in [-0.25, -0.2) is 0 Å². The van der Waals surface area contributed by atoms with E-state index in [2.05, 4.69) is 26.0 Å². The molecule has 0 aliphatic carbocycles. The second-order valence-electron chi connectivity index (χ2n) is 4.01. The molecule has 0 fully saturated rings. The molecule has 0 aromatic carbocycles. The van der Waals surface area contributed by atoms with Crippen molar-refractivity contribution in [3.8, 4) is 0 Å². The predicted molar refractivity (Wildman–Crippen MR) is 69.2 cm³/mol. The standard InChI is InChI=1S/C12H15N5O2/c1-3-6-13-12(18)9-4-5-10(16-15-9)14-11-7-8(2)19-17-11/h4-5,7H,3,6H2,1-2H3,(H,13,18)(H,14,16,17). The largest absolute Gasteiger partial charge is 0.360 e. The van der Waals surface area contributed by atoms with Gasteiger partial charge in [0, 0.05) is 12.6 Å². The van der Waals surface area contributed by atoms with Crippen LogP contribution in [-0.2, 0) is 0 Å². The fourth-order valence-electron chi connectivity index (χ4n) is 1.41. The summed E-state index contributed by atoms with van der Waals surface area (Å²) < 4.78 is 4.92. The molecular weight excluding hydrogens is 246 g/mol. The van der Waals surface area contributed by atoms with E-state index < -0.39 is 0 Å². The summed E-state index contributed by atoms with van der Waals surface area (Å²) in [6, 6.07) is 5.01. The molecule has 1 amide bonds. The van der Waals surface area contributed by atoms with Gasteiger partial charge in [-0.15, -0.1) is 10.2 Å². The minimum absolute atomic E-state index is 0.224. The van der Waals surface area contributed by atoms with Gasteiger partial charge in [-0.1, -0.05) is 12.1 Å². The van der Waals surface area contributed by atoms with Crippen LogP contribution in [0, 0.1) is 6.92 Å². The molecule has 2 aromatic rings. The monoisotopic (exact) mass is 261 g/mol. The lowest BCUT2D eigenvalue weighted by Gasteiger charge is -2.03. The molecule has 0 aliphatic heterocycles. The van der Waals surface area contributed by atoms with Crippen LogP contribution in [0.1, 0.15) is 29.6 Å². The lowest BCUT2D eigenvalue weighted by Crippen LogP contribution is -2.25. The van der Waals surface area contributed by atoms with Gasteiger partial charge < -0.3 is 15.2 Å². The first-order chi connectivity index (χ1) is 9.19. The number of hydrogen-bond donors (Lipinski definition) is 2. The molecule has 0 saturated heterocycles. The van der Waals surface area contributed by atoms with Crippen LogP contribution in [0.5, 0.6) is 0 Å². The molecule has 2 rings (SSSR count). The number of hydrogen-bond acceptors (Lipinski definition) is 6. The Balaban J connectivity index is 2.00. The molecule has 7 heteroatoms. The molecule has 19 heavy (non-hydrogen) atoms. The molecular formula is C12H15N5O2. The van der Waals surface area contributed by atoms with Crippen LogP contribution in [0.15, 0.2) is 22.7 Å². The van der Waals surface area contributed by atoms with E-state index in [9.17, 15) is 4.79 Å². The normalized spacial score (nSPS) is 10.2. The van der Waals surface area contributed by atoms with Gasteiger partial charge >= 0.3 is 0 Å². The summed E-state index contributed by atoms with van der Waals surface area (Å²) in [6.07, 6.45) is 0.879. The van der Waals surface area contributed by atoms with Crippen molar-refractivity contribution >= 4 is 17.5 Å². The van der Waals surface area contributed by atoms with Gasteiger partial charge in [-0.2, -0.15) is 0 Å². The van der Waals surface area contributed by atoms with Gasteiger partial charge in [-0.05, 0) is 25.5 Å². The molecule has 0 saturated carbocycles. The summed E-state index contributed by atoms with van der Waals surface area (Å²) in [4.78, 5) is 11.6. The average molecular weight is 261 g/mol. The maximum absolute atomic E-state index is 11.6. The van der Waals surface area contributed by atoms with Crippen LogP contribution in [0.4, 0.5) is 11.6 Å². The van der Waals surface area contributed by atoms with Gasteiger partial charge in [0.15, 0.2) is 17.3 Å². The van der Waals surface area contributed by atoms with Crippen LogP contribution in [-0.4, -0.2) is 27.8 Å². The molecule has 0 aliphatic rings. The molecule has 2 N–H and O–H groups in total. The summed E-state index contributed by atoms with van der Waals surface area (Å²) in [6.45, 7) is 4.41. The van der Waals surface area contributed by atoms with Crippen molar-refractivity contribution < 1.29 is 9.32 Å². The molecule has 2 heterocycles. The number of nitrogens with one attached hydrogen (secondary N) is 2. The maximum atomic E-state index is 11.6. The molecule has 0 bridgehead atoms. The third kappa shape index (κ3) is 3.51. The highest BCUT2D eigenvalue weighted by Crippen LogP contribution is 2.13. The SMILES string of the molecule is CCCNC(=O)c1ccc(Nc2cc(C)on2)nn1. The minimum Gasteiger partial charge on any atom is -0.360 e. The molecule has 0 radical (unpaired) electrons. The second-order valence-corrected chi connectivity index (χ2v) is 4.01. The second kappa shape index (κ2) is 5.94. The predicted octanol–water partition coefficient (Wildman–Crippen LogP) is 1.66. The minimum atomic E-state index is -0.224. The average Bonchev–Trinajstić information content (AvgIpc) is 2.82. The number of aryl methyl sites for hydroxylation is 1. The number of amides is 1. The highest BCUT2D eigenvalue weighted by molar-refractivity contribution is 5.92. The smallest absolute Gasteiger partial charge is 0.271 e. The molecule has 0 spiro atoms. The Hall–Kier alpha value is -2.44. The number of carbonyl (C=O) groups is 1. The van der Waals surface area contributed by atoms with Crippen molar-refractivity contribution in [3.05, 3.63) is 29.7 Å². The molecule has 7 nitrogen and oxygen atoms in total. The summed E-state index contributed by atoms with van der Waals surface area (Å²) >= 11 is 0. The van der Waals surface area contributed by atoms with Crippen molar-refractivity contribution in [2.24, 2.45) is 0 Å². The van der Waals surface area contributed by atoms with Crippen LogP contribution >= 0.6 is 0 Å². The van der Waals surface area contributed by atoms with Crippen LogP contribution in [0.3, 0.4) is 0 Å². The number of carbonyl (C=O) groups excluding carboxylic acids is 1. The van der Waals surface area contributed by atoms with E-state index >= 15 is 0 Å².